The van der Waals surface area contributed by atoms with Gasteiger partial charge in [0.2, 0.25) is 0 Å². The molecular formula is C10H7BrN2O. The van der Waals surface area contributed by atoms with Crippen LogP contribution in [0.1, 0.15) is 10.5 Å². The number of aromatic amines is 1. The molecule has 14 heavy (non-hydrogen) atoms. The van der Waals surface area contributed by atoms with Crippen molar-refractivity contribution >= 4 is 39.5 Å². The molecule has 0 saturated heterocycles. The van der Waals surface area contributed by atoms with Crippen LogP contribution in [0.5, 0.6) is 0 Å². The van der Waals surface area contributed by atoms with E-state index in [0.29, 0.717) is 5.69 Å². The van der Waals surface area contributed by atoms with Gasteiger partial charge in [-0.05, 0) is 31.0 Å². The average Bonchev–Trinajstić information content (AvgIpc) is 2.59. The van der Waals surface area contributed by atoms with Gasteiger partial charge in [0.15, 0.2) is 0 Å². The maximum atomic E-state index is 11.2. The van der Waals surface area contributed by atoms with E-state index in [0.717, 1.165) is 15.4 Å². The topological polar surface area (TPSA) is 45.2 Å². The van der Waals surface area contributed by atoms with E-state index in [1.165, 1.54) is 0 Å². The minimum Gasteiger partial charge on any atom is -0.350 e. The van der Waals surface area contributed by atoms with Gasteiger partial charge in [0.1, 0.15) is 5.69 Å². The van der Waals surface area contributed by atoms with Crippen molar-refractivity contribution in [3.8, 4) is 0 Å². The quantitative estimate of drug-likeness (QED) is 0.778. The van der Waals surface area contributed by atoms with Gasteiger partial charge in [-0.1, -0.05) is 15.9 Å². The van der Waals surface area contributed by atoms with Crippen LogP contribution in [0.15, 0.2) is 33.7 Å². The molecule has 4 heteroatoms. The molecule has 1 aromatic carbocycles. The largest absolute Gasteiger partial charge is 0.350 e. The van der Waals surface area contributed by atoms with E-state index in [9.17, 15) is 4.79 Å². The number of benzene rings is 1. The molecule has 2 aromatic rings. The van der Waals surface area contributed by atoms with Crippen molar-refractivity contribution in [3.63, 3.8) is 0 Å². The van der Waals surface area contributed by atoms with Crippen molar-refractivity contribution in [2.24, 2.45) is 4.99 Å². The van der Waals surface area contributed by atoms with E-state index < -0.39 is 0 Å². The summed E-state index contributed by atoms with van der Waals surface area (Å²) in [6.07, 6.45) is 0. The fraction of sp³-hybridized carbons (Fsp3) is 0. The van der Waals surface area contributed by atoms with Gasteiger partial charge < -0.3 is 4.98 Å². The minimum atomic E-state index is -0.336. The van der Waals surface area contributed by atoms with Crippen molar-refractivity contribution in [2.75, 3.05) is 0 Å². The molecule has 0 aliphatic rings. The first kappa shape index (κ1) is 9.15. The number of halogens is 1. The van der Waals surface area contributed by atoms with Gasteiger partial charge in [0, 0.05) is 15.4 Å². The summed E-state index contributed by atoms with van der Waals surface area (Å²) in [6.45, 7) is 3.20. The molecule has 0 atom stereocenters. The van der Waals surface area contributed by atoms with Crippen LogP contribution in [0.4, 0.5) is 0 Å². The van der Waals surface area contributed by atoms with Crippen molar-refractivity contribution in [2.45, 2.75) is 0 Å². The highest BCUT2D eigenvalue weighted by molar-refractivity contribution is 9.10. The number of hydrogen-bond acceptors (Lipinski definition) is 1. The summed E-state index contributed by atoms with van der Waals surface area (Å²) in [6, 6.07) is 7.51. The molecule has 1 heterocycles. The van der Waals surface area contributed by atoms with Gasteiger partial charge in [-0.2, -0.15) is 0 Å². The Kier molecular flexibility index (Phi) is 2.21. The zero-order valence-electron chi connectivity index (χ0n) is 7.25. The standard InChI is InChI=1S/C10H7BrN2O/c1-12-10(14)9-5-6-4-7(11)2-3-8(6)13-9/h2-5,13H,1H2. The number of fused-ring (bicyclic) bond motifs is 1. The van der Waals surface area contributed by atoms with Crippen LogP contribution in [0.3, 0.4) is 0 Å². The van der Waals surface area contributed by atoms with Crippen molar-refractivity contribution in [1.82, 2.24) is 4.98 Å². The molecule has 0 saturated carbocycles. The Morgan fingerprint density at radius 2 is 2.21 bits per heavy atom. The van der Waals surface area contributed by atoms with Crippen molar-refractivity contribution in [1.29, 1.82) is 0 Å². The maximum Gasteiger partial charge on any atom is 0.292 e. The third-order valence-electron chi connectivity index (χ3n) is 1.96. The van der Waals surface area contributed by atoms with Crippen LogP contribution in [-0.2, 0) is 0 Å². The maximum absolute atomic E-state index is 11.2. The van der Waals surface area contributed by atoms with Gasteiger partial charge in [0.05, 0.1) is 0 Å². The third-order valence-corrected chi connectivity index (χ3v) is 2.45. The van der Waals surface area contributed by atoms with E-state index in [-0.39, 0.29) is 5.91 Å². The molecule has 1 amide bonds. The number of carbonyl (C=O) groups is 1. The van der Waals surface area contributed by atoms with Crippen LogP contribution in [0, 0.1) is 0 Å². The van der Waals surface area contributed by atoms with Crippen LogP contribution in [0.2, 0.25) is 0 Å². The Hall–Kier alpha value is -1.42. The smallest absolute Gasteiger partial charge is 0.292 e. The normalized spacial score (nSPS) is 10.4. The summed E-state index contributed by atoms with van der Waals surface area (Å²) < 4.78 is 0.981. The first-order chi connectivity index (χ1) is 6.70. The summed E-state index contributed by atoms with van der Waals surface area (Å²) in [5.41, 5.74) is 1.38. The Morgan fingerprint density at radius 3 is 2.93 bits per heavy atom. The average molecular weight is 251 g/mol. The molecule has 1 aromatic heterocycles. The lowest BCUT2D eigenvalue weighted by Gasteiger charge is -1.89. The molecule has 0 aliphatic heterocycles. The minimum absolute atomic E-state index is 0.336. The number of aromatic nitrogens is 1. The van der Waals surface area contributed by atoms with Crippen LogP contribution in [0.25, 0.3) is 10.9 Å². The highest BCUT2D eigenvalue weighted by Crippen LogP contribution is 2.20. The Bertz CT molecular complexity index is 516. The molecule has 0 unspecified atom stereocenters. The Morgan fingerprint density at radius 1 is 1.43 bits per heavy atom. The van der Waals surface area contributed by atoms with E-state index in [1.54, 1.807) is 6.07 Å². The molecule has 0 spiro atoms. The lowest BCUT2D eigenvalue weighted by atomic mass is 10.2. The van der Waals surface area contributed by atoms with Crippen LogP contribution in [-0.4, -0.2) is 17.6 Å². The molecule has 1 N–H and O–H groups in total. The molecular weight excluding hydrogens is 244 g/mol. The molecule has 0 bridgehead atoms. The highest BCUT2D eigenvalue weighted by atomic mass is 79.9. The zero-order valence-corrected chi connectivity index (χ0v) is 8.84. The van der Waals surface area contributed by atoms with Gasteiger partial charge in [-0.3, -0.25) is 4.79 Å². The first-order valence-corrected chi connectivity index (χ1v) is 4.79. The lowest BCUT2D eigenvalue weighted by molar-refractivity contribution is 0.1000. The predicted octanol–water partition coefficient (Wildman–Crippen LogP) is 2.77. The number of carbonyl (C=O) groups excluding carboxylic acids is 1. The SMILES string of the molecule is C=NC(=O)c1cc2cc(Br)ccc2[nH]1. The van der Waals surface area contributed by atoms with Crippen molar-refractivity contribution in [3.05, 3.63) is 34.4 Å². The number of nitrogens with zero attached hydrogens (tertiary/aromatic N) is 1. The summed E-state index contributed by atoms with van der Waals surface area (Å²) in [5.74, 6) is -0.336. The molecule has 0 fully saturated rings. The number of nitrogens with one attached hydrogen (secondary N) is 1. The third kappa shape index (κ3) is 1.48. The molecule has 0 aliphatic carbocycles. The van der Waals surface area contributed by atoms with E-state index >= 15 is 0 Å². The molecule has 2 rings (SSSR count). The summed E-state index contributed by atoms with van der Waals surface area (Å²) >= 11 is 3.36. The van der Waals surface area contributed by atoms with Crippen molar-refractivity contribution < 1.29 is 4.79 Å². The van der Waals surface area contributed by atoms with Crippen LogP contribution < -0.4 is 0 Å². The van der Waals surface area contributed by atoms with Crippen LogP contribution >= 0.6 is 15.9 Å². The second-order valence-electron chi connectivity index (χ2n) is 2.88. The van der Waals surface area contributed by atoms with Gasteiger partial charge in [-0.15, -0.1) is 0 Å². The fourth-order valence-electron chi connectivity index (χ4n) is 1.30. The Labute approximate surface area is 89.0 Å². The molecule has 0 radical (unpaired) electrons. The van der Waals surface area contributed by atoms with Gasteiger partial charge in [0.25, 0.3) is 5.91 Å². The monoisotopic (exact) mass is 250 g/mol. The Balaban J connectivity index is 2.62. The van der Waals surface area contributed by atoms with E-state index in [4.69, 9.17) is 0 Å². The number of amides is 1. The fourth-order valence-corrected chi connectivity index (χ4v) is 1.68. The van der Waals surface area contributed by atoms with Gasteiger partial charge in [-0.25, -0.2) is 4.99 Å². The summed E-state index contributed by atoms with van der Waals surface area (Å²) in [5, 5.41) is 0.978. The van der Waals surface area contributed by atoms with E-state index in [1.807, 2.05) is 18.2 Å². The summed E-state index contributed by atoms with van der Waals surface area (Å²) in [7, 11) is 0. The van der Waals surface area contributed by atoms with E-state index in [2.05, 4.69) is 32.6 Å². The molecule has 70 valence electrons. The summed E-state index contributed by atoms with van der Waals surface area (Å²) in [4.78, 5) is 17.5. The number of H-pyrrole nitrogens is 1. The number of rotatable bonds is 1. The second-order valence-corrected chi connectivity index (χ2v) is 3.79. The first-order valence-electron chi connectivity index (χ1n) is 4.00. The lowest BCUT2D eigenvalue weighted by Crippen LogP contribution is -1.92. The predicted molar refractivity (Wildman–Crippen MR) is 59.9 cm³/mol. The number of aliphatic imine (C=N–C) groups is 1. The number of hydrogen-bond donors (Lipinski definition) is 1. The highest BCUT2D eigenvalue weighted by Gasteiger charge is 2.06. The zero-order chi connectivity index (χ0) is 10.1. The molecule has 3 nitrogen and oxygen atoms in total. The van der Waals surface area contributed by atoms with Gasteiger partial charge >= 0.3 is 0 Å². The second kappa shape index (κ2) is 3.38.